The van der Waals surface area contributed by atoms with E-state index in [4.69, 9.17) is 9.47 Å². The van der Waals surface area contributed by atoms with Gasteiger partial charge in [0.25, 0.3) is 5.91 Å². The second kappa shape index (κ2) is 11.2. The Bertz CT molecular complexity index is 1460. The van der Waals surface area contributed by atoms with Crippen molar-refractivity contribution in [3.8, 4) is 17.6 Å². The van der Waals surface area contributed by atoms with Crippen LogP contribution in [0, 0.1) is 11.8 Å². The summed E-state index contributed by atoms with van der Waals surface area (Å²) in [5, 5.41) is 0. The summed E-state index contributed by atoms with van der Waals surface area (Å²) in [5.74, 6) is 4.33. The smallest absolute Gasteiger partial charge is 0.326 e. The molecule has 1 aliphatic rings. The van der Waals surface area contributed by atoms with Crippen LogP contribution >= 0.6 is 0 Å². The number of anilines is 1. The highest BCUT2D eigenvalue weighted by molar-refractivity contribution is 7.89. The summed E-state index contributed by atoms with van der Waals surface area (Å²) < 4.78 is 39.8. The third-order valence-corrected chi connectivity index (χ3v) is 7.75. The number of pyridine rings is 1. The number of esters is 1. The minimum Gasteiger partial charge on any atom is -0.480 e. The third kappa shape index (κ3) is 5.33. The van der Waals surface area contributed by atoms with Crippen molar-refractivity contribution in [2.75, 3.05) is 25.2 Å². The summed E-state index contributed by atoms with van der Waals surface area (Å²) in [4.78, 5) is 31.9. The van der Waals surface area contributed by atoms with Crippen molar-refractivity contribution in [1.29, 1.82) is 0 Å². The maximum absolute atomic E-state index is 14.1. The van der Waals surface area contributed by atoms with Gasteiger partial charge in [-0.05, 0) is 42.8 Å². The number of carbonyl (C=O) groups is 2. The second-order valence-corrected chi connectivity index (χ2v) is 9.90. The number of carbonyl (C=O) groups excluding carboxylic acids is 2. The normalized spacial score (nSPS) is 15.5. The van der Waals surface area contributed by atoms with Gasteiger partial charge in [0, 0.05) is 24.6 Å². The molecule has 0 fully saturated rings. The number of amides is 1. The van der Waals surface area contributed by atoms with E-state index in [1.54, 1.807) is 61.7 Å². The molecule has 2 heterocycles. The molecular weight excluding hydrogens is 494 g/mol. The van der Waals surface area contributed by atoms with E-state index in [0.717, 1.165) is 4.31 Å². The molecule has 2 aromatic carbocycles. The van der Waals surface area contributed by atoms with Crippen molar-refractivity contribution in [1.82, 2.24) is 9.29 Å². The van der Waals surface area contributed by atoms with Crippen LogP contribution in [0.1, 0.15) is 22.8 Å². The first-order valence-electron chi connectivity index (χ1n) is 11.4. The van der Waals surface area contributed by atoms with Crippen LogP contribution in [0.4, 0.5) is 5.69 Å². The molecule has 1 unspecified atom stereocenters. The number of fused-ring (bicyclic) bond motifs is 1. The first-order valence-corrected chi connectivity index (χ1v) is 12.8. The van der Waals surface area contributed by atoms with Crippen LogP contribution in [0.15, 0.2) is 78.0 Å². The fraction of sp³-hybridized carbons (Fsp3) is 0.222. The van der Waals surface area contributed by atoms with Crippen LogP contribution in [0.2, 0.25) is 0 Å². The van der Waals surface area contributed by atoms with Crippen molar-refractivity contribution < 1.29 is 27.5 Å². The maximum Gasteiger partial charge on any atom is 0.326 e. The van der Waals surface area contributed by atoms with Crippen LogP contribution < -0.4 is 9.64 Å². The molecule has 1 aliphatic heterocycles. The van der Waals surface area contributed by atoms with Crippen LogP contribution in [-0.2, 0) is 26.1 Å². The van der Waals surface area contributed by atoms with Crippen LogP contribution in [0.25, 0.3) is 0 Å². The Kier molecular flexibility index (Phi) is 7.86. The first-order chi connectivity index (χ1) is 17.9. The van der Waals surface area contributed by atoms with Gasteiger partial charge in [-0.2, -0.15) is 4.31 Å². The Morgan fingerprint density at radius 1 is 1.08 bits per heavy atom. The molecule has 0 spiro atoms. The molecule has 0 saturated carbocycles. The minimum atomic E-state index is -4.30. The summed E-state index contributed by atoms with van der Waals surface area (Å²) in [6, 6.07) is 15.0. The molecule has 3 aromatic rings. The van der Waals surface area contributed by atoms with Gasteiger partial charge in [0.2, 0.25) is 10.0 Å². The lowest BCUT2D eigenvalue weighted by molar-refractivity contribution is -0.144. The van der Waals surface area contributed by atoms with E-state index < -0.39 is 27.9 Å². The number of ether oxygens (including phenoxy) is 2. The fourth-order valence-electron chi connectivity index (χ4n) is 4.06. The second-order valence-electron chi connectivity index (χ2n) is 8.04. The van der Waals surface area contributed by atoms with E-state index in [0.29, 0.717) is 16.8 Å². The number of nitrogens with zero attached hydrogens (tertiary/aromatic N) is 3. The molecule has 4 rings (SSSR count). The molecular formula is C27H25N3O6S. The van der Waals surface area contributed by atoms with E-state index in [9.17, 15) is 18.0 Å². The molecule has 190 valence electrons. The Hall–Kier alpha value is -4.20. The van der Waals surface area contributed by atoms with Crippen molar-refractivity contribution >= 4 is 27.6 Å². The Morgan fingerprint density at radius 3 is 2.57 bits per heavy atom. The van der Waals surface area contributed by atoms with Crippen molar-refractivity contribution in [2.45, 2.75) is 24.4 Å². The lowest BCUT2D eigenvalue weighted by Crippen LogP contribution is -2.50. The van der Waals surface area contributed by atoms with Crippen molar-refractivity contribution in [3.05, 3.63) is 84.2 Å². The van der Waals surface area contributed by atoms with Gasteiger partial charge in [0.05, 0.1) is 19.2 Å². The largest absolute Gasteiger partial charge is 0.480 e. The zero-order valence-electron chi connectivity index (χ0n) is 20.3. The highest BCUT2D eigenvalue weighted by Crippen LogP contribution is 2.34. The highest BCUT2D eigenvalue weighted by atomic mass is 32.2. The molecule has 0 aliphatic carbocycles. The molecule has 0 radical (unpaired) electrons. The summed E-state index contributed by atoms with van der Waals surface area (Å²) in [5.41, 5.74) is 1.34. The number of para-hydroxylation sites is 2. The quantitative estimate of drug-likeness (QED) is 0.364. The number of hydrogen-bond acceptors (Lipinski definition) is 7. The maximum atomic E-state index is 14.1. The standard InChI is InChI=1S/C27H25N3O6S/c1-3-4-16-36-24-13-7-8-14-25(24)37(33,34)30-18-21-10-5-6-12-22(21)29(19-23(30)27(32)35-2)26(31)20-11-9-15-28-17-20/h5-15,17,23H,16,18-19H2,1-2H3. The SMILES string of the molecule is CC#CCOc1ccccc1S(=O)(=O)N1Cc2ccccc2N(C(=O)c2cccnc2)CC1C(=O)OC. The molecule has 10 heteroatoms. The molecule has 1 aromatic heterocycles. The number of sulfonamides is 1. The average Bonchev–Trinajstić information content (AvgIpc) is 3.11. The van der Waals surface area contributed by atoms with Crippen LogP contribution in [0.3, 0.4) is 0 Å². The molecule has 37 heavy (non-hydrogen) atoms. The lowest BCUT2D eigenvalue weighted by Gasteiger charge is -2.29. The first kappa shape index (κ1) is 25.9. The van der Waals surface area contributed by atoms with Crippen LogP contribution in [0.5, 0.6) is 5.75 Å². The van der Waals surface area contributed by atoms with Crippen LogP contribution in [-0.4, -0.2) is 55.9 Å². The van der Waals surface area contributed by atoms with E-state index in [2.05, 4.69) is 16.8 Å². The molecule has 9 nitrogen and oxygen atoms in total. The van der Waals surface area contributed by atoms with Gasteiger partial charge in [-0.1, -0.05) is 36.3 Å². The summed E-state index contributed by atoms with van der Waals surface area (Å²) >= 11 is 0. The predicted octanol–water partition coefficient (Wildman–Crippen LogP) is 2.88. The van der Waals surface area contributed by atoms with Gasteiger partial charge in [-0.15, -0.1) is 5.92 Å². The topological polar surface area (TPSA) is 106 Å². The van der Waals surface area contributed by atoms with E-state index in [1.165, 1.54) is 30.3 Å². The van der Waals surface area contributed by atoms with E-state index >= 15 is 0 Å². The van der Waals surface area contributed by atoms with Gasteiger partial charge in [0.1, 0.15) is 23.3 Å². The van der Waals surface area contributed by atoms with E-state index in [1.807, 2.05) is 0 Å². The molecule has 0 saturated heterocycles. The minimum absolute atomic E-state index is 0.000310. The monoisotopic (exact) mass is 519 g/mol. The van der Waals surface area contributed by atoms with Gasteiger partial charge < -0.3 is 14.4 Å². The molecule has 0 bridgehead atoms. The number of hydrogen-bond donors (Lipinski definition) is 0. The summed E-state index contributed by atoms with van der Waals surface area (Å²) in [7, 11) is -3.13. The predicted molar refractivity (Wildman–Crippen MR) is 136 cm³/mol. The zero-order chi connectivity index (χ0) is 26.4. The van der Waals surface area contributed by atoms with Gasteiger partial charge >= 0.3 is 5.97 Å². The average molecular weight is 520 g/mol. The number of benzene rings is 2. The Balaban J connectivity index is 1.83. The van der Waals surface area contributed by atoms with Gasteiger partial charge in [-0.3, -0.25) is 14.6 Å². The van der Waals surface area contributed by atoms with Crippen molar-refractivity contribution in [3.63, 3.8) is 0 Å². The Morgan fingerprint density at radius 2 is 1.84 bits per heavy atom. The summed E-state index contributed by atoms with van der Waals surface area (Å²) in [6.07, 6.45) is 2.97. The lowest BCUT2D eigenvalue weighted by atomic mass is 10.1. The summed E-state index contributed by atoms with van der Waals surface area (Å²) in [6.45, 7) is 1.22. The number of methoxy groups -OCH3 is 1. The number of aromatic nitrogens is 1. The Labute approximate surface area is 215 Å². The molecule has 1 atom stereocenters. The molecule has 1 amide bonds. The number of rotatable bonds is 6. The van der Waals surface area contributed by atoms with Crippen molar-refractivity contribution in [2.24, 2.45) is 0 Å². The third-order valence-electron chi connectivity index (χ3n) is 5.85. The molecule has 0 N–H and O–H groups in total. The van der Waals surface area contributed by atoms with Gasteiger partial charge in [-0.25, -0.2) is 8.42 Å². The van der Waals surface area contributed by atoms with E-state index in [-0.39, 0.29) is 30.3 Å². The van der Waals surface area contributed by atoms with Gasteiger partial charge in [0.15, 0.2) is 0 Å². The fourth-order valence-corrected chi connectivity index (χ4v) is 5.74. The highest BCUT2D eigenvalue weighted by Gasteiger charge is 2.43. The zero-order valence-corrected chi connectivity index (χ0v) is 21.1.